The number of nitrogens with zero attached hydrogens (tertiary/aromatic N) is 4. The van der Waals surface area contributed by atoms with Crippen LogP contribution in [0.2, 0.25) is 0 Å². The van der Waals surface area contributed by atoms with Gasteiger partial charge in [-0.2, -0.15) is 0 Å². The van der Waals surface area contributed by atoms with Gasteiger partial charge in [0.2, 0.25) is 5.88 Å². The van der Waals surface area contributed by atoms with Crippen LogP contribution in [-0.4, -0.2) is 53.6 Å². The summed E-state index contributed by atoms with van der Waals surface area (Å²) in [5, 5.41) is 3.00. The summed E-state index contributed by atoms with van der Waals surface area (Å²) < 4.78 is 5.55. The minimum absolute atomic E-state index is 0.0247. The second kappa shape index (κ2) is 7.61. The number of hydrogen-bond acceptors (Lipinski definition) is 6. The Labute approximate surface area is 146 Å². The molecule has 7 heteroatoms. The zero-order valence-electron chi connectivity index (χ0n) is 14.0. The first-order valence-electron chi connectivity index (χ1n) is 8.16. The van der Waals surface area contributed by atoms with Crippen molar-refractivity contribution in [3.05, 3.63) is 35.5 Å². The number of carbonyl (C=O) groups is 1. The molecule has 0 unspecified atom stereocenters. The SMILES string of the molecule is CC(C)COc1ccc(C(=O)N2CCN(c3nccs3)CC2)cn1. The Hall–Kier alpha value is -2.15. The number of carbonyl (C=O) groups excluding carboxylic acids is 1. The summed E-state index contributed by atoms with van der Waals surface area (Å²) in [6.45, 7) is 7.81. The van der Waals surface area contributed by atoms with Crippen LogP contribution in [-0.2, 0) is 0 Å². The fourth-order valence-electron chi connectivity index (χ4n) is 2.50. The van der Waals surface area contributed by atoms with E-state index in [1.54, 1.807) is 29.7 Å². The van der Waals surface area contributed by atoms with E-state index in [0.29, 0.717) is 37.1 Å². The summed E-state index contributed by atoms with van der Waals surface area (Å²) in [5.41, 5.74) is 0.606. The third-order valence-corrected chi connectivity index (χ3v) is 4.64. The number of ether oxygens (including phenoxy) is 1. The number of thiazole rings is 1. The van der Waals surface area contributed by atoms with Gasteiger partial charge in [-0.25, -0.2) is 9.97 Å². The van der Waals surface area contributed by atoms with Crippen molar-refractivity contribution in [1.29, 1.82) is 0 Å². The Morgan fingerprint density at radius 3 is 2.62 bits per heavy atom. The summed E-state index contributed by atoms with van der Waals surface area (Å²) in [7, 11) is 0. The first kappa shape index (κ1) is 16.7. The van der Waals surface area contributed by atoms with Crippen molar-refractivity contribution in [2.24, 2.45) is 5.92 Å². The molecule has 0 saturated carbocycles. The van der Waals surface area contributed by atoms with Crippen LogP contribution in [0.3, 0.4) is 0 Å². The van der Waals surface area contributed by atoms with Crippen LogP contribution in [0, 0.1) is 5.92 Å². The first-order chi connectivity index (χ1) is 11.6. The summed E-state index contributed by atoms with van der Waals surface area (Å²) in [5.74, 6) is 1.03. The number of pyridine rings is 1. The molecule has 0 aromatic carbocycles. The van der Waals surface area contributed by atoms with E-state index < -0.39 is 0 Å². The highest BCUT2D eigenvalue weighted by molar-refractivity contribution is 7.13. The molecule has 0 radical (unpaired) electrons. The van der Waals surface area contributed by atoms with Crippen LogP contribution < -0.4 is 9.64 Å². The number of piperazine rings is 1. The number of amides is 1. The van der Waals surface area contributed by atoms with Crippen LogP contribution in [0.5, 0.6) is 5.88 Å². The molecule has 3 heterocycles. The van der Waals surface area contributed by atoms with Crippen molar-refractivity contribution in [3.63, 3.8) is 0 Å². The predicted molar refractivity (Wildman–Crippen MR) is 94.8 cm³/mol. The zero-order valence-corrected chi connectivity index (χ0v) is 14.8. The number of anilines is 1. The van der Waals surface area contributed by atoms with Crippen molar-refractivity contribution in [1.82, 2.24) is 14.9 Å². The van der Waals surface area contributed by atoms with Crippen molar-refractivity contribution >= 4 is 22.4 Å². The highest BCUT2D eigenvalue weighted by atomic mass is 32.1. The molecule has 3 rings (SSSR count). The van der Waals surface area contributed by atoms with Gasteiger partial charge >= 0.3 is 0 Å². The monoisotopic (exact) mass is 346 g/mol. The summed E-state index contributed by atoms with van der Waals surface area (Å²) in [4.78, 5) is 25.2. The van der Waals surface area contributed by atoms with Gasteiger partial charge in [0.1, 0.15) is 0 Å². The van der Waals surface area contributed by atoms with Gasteiger partial charge in [0.05, 0.1) is 12.2 Å². The van der Waals surface area contributed by atoms with E-state index in [1.807, 2.05) is 16.5 Å². The van der Waals surface area contributed by atoms with Crippen LogP contribution in [0.4, 0.5) is 5.13 Å². The van der Waals surface area contributed by atoms with E-state index in [4.69, 9.17) is 4.74 Å². The molecule has 2 aromatic heterocycles. The van der Waals surface area contributed by atoms with Gasteiger partial charge in [0.15, 0.2) is 5.13 Å². The van der Waals surface area contributed by atoms with Crippen molar-refractivity contribution < 1.29 is 9.53 Å². The Kier molecular flexibility index (Phi) is 5.30. The third kappa shape index (κ3) is 4.03. The van der Waals surface area contributed by atoms with E-state index in [9.17, 15) is 4.79 Å². The molecule has 0 N–H and O–H groups in total. The minimum Gasteiger partial charge on any atom is -0.477 e. The maximum Gasteiger partial charge on any atom is 0.255 e. The van der Waals surface area contributed by atoms with Gasteiger partial charge in [-0.3, -0.25) is 4.79 Å². The molecular formula is C17H22N4O2S. The molecular weight excluding hydrogens is 324 g/mol. The molecule has 1 amide bonds. The average molecular weight is 346 g/mol. The molecule has 1 aliphatic heterocycles. The Morgan fingerprint density at radius 1 is 1.25 bits per heavy atom. The summed E-state index contributed by atoms with van der Waals surface area (Å²) in [6, 6.07) is 3.56. The quantitative estimate of drug-likeness (QED) is 0.833. The van der Waals surface area contributed by atoms with Gasteiger partial charge in [0, 0.05) is 50.0 Å². The Balaban J connectivity index is 1.55. The maximum atomic E-state index is 12.6. The van der Waals surface area contributed by atoms with Crippen LogP contribution in [0.1, 0.15) is 24.2 Å². The van der Waals surface area contributed by atoms with Gasteiger partial charge in [-0.15, -0.1) is 11.3 Å². The summed E-state index contributed by atoms with van der Waals surface area (Å²) in [6.07, 6.45) is 3.41. The highest BCUT2D eigenvalue weighted by Gasteiger charge is 2.23. The standard InChI is InChI=1S/C17H22N4O2S/c1-13(2)12-23-15-4-3-14(11-19-15)16(22)20-6-8-21(9-7-20)17-18-5-10-24-17/h3-5,10-11,13H,6-9,12H2,1-2H3. The third-order valence-electron chi connectivity index (χ3n) is 3.80. The van der Waals surface area contributed by atoms with Gasteiger partial charge in [-0.1, -0.05) is 13.8 Å². The van der Waals surface area contributed by atoms with Gasteiger partial charge in [-0.05, 0) is 12.0 Å². The molecule has 2 aromatic rings. The van der Waals surface area contributed by atoms with E-state index in [2.05, 4.69) is 28.7 Å². The smallest absolute Gasteiger partial charge is 0.255 e. The van der Waals surface area contributed by atoms with Crippen molar-refractivity contribution in [2.75, 3.05) is 37.7 Å². The summed E-state index contributed by atoms with van der Waals surface area (Å²) >= 11 is 1.63. The van der Waals surface area contributed by atoms with Crippen LogP contribution in [0.15, 0.2) is 29.9 Å². The molecule has 0 spiro atoms. The second-order valence-corrected chi connectivity index (χ2v) is 7.06. The van der Waals surface area contributed by atoms with Crippen LogP contribution in [0.25, 0.3) is 0 Å². The highest BCUT2D eigenvalue weighted by Crippen LogP contribution is 2.20. The maximum absolute atomic E-state index is 12.6. The molecule has 24 heavy (non-hydrogen) atoms. The van der Waals surface area contributed by atoms with E-state index >= 15 is 0 Å². The molecule has 0 atom stereocenters. The minimum atomic E-state index is 0.0247. The number of aromatic nitrogens is 2. The molecule has 0 bridgehead atoms. The van der Waals surface area contributed by atoms with Crippen LogP contribution >= 0.6 is 11.3 Å². The van der Waals surface area contributed by atoms with Crippen molar-refractivity contribution in [2.45, 2.75) is 13.8 Å². The lowest BCUT2D eigenvalue weighted by atomic mass is 10.2. The lowest BCUT2D eigenvalue weighted by Gasteiger charge is -2.34. The topological polar surface area (TPSA) is 58.6 Å². The Bertz CT molecular complexity index is 650. The molecule has 6 nitrogen and oxygen atoms in total. The number of rotatable bonds is 5. The van der Waals surface area contributed by atoms with E-state index in [-0.39, 0.29) is 5.91 Å². The molecule has 1 saturated heterocycles. The molecule has 128 valence electrons. The average Bonchev–Trinajstić information content (AvgIpc) is 3.14. The lowest BCUT2D eigenvalue weighted by Crippen LogP contribution is -2.48. The molecule has 1 aliphatic rings. The predicted octanol–water partition coefficient (Wildman–Crippen LogP) is 2.54. The zero-order chi connectivity index (χ0) is 16.9. The Morgan fingerprint density at radius 2 is 2.04 bits per heavy atom. The first-order valence-corrected chi connectivity index (χ1v) is 9.04. The molecule has 1 fully saturated rings. The van der Waals surface area contributed by atoms with E-state index in [1.165, 1.54) is 0 Å². The second-order valence-electron chi connectivity index (χ2n) is 6.18. The van der Waals surface area contributed by atoms with Gasteiger partial charge < -0.3 is 14.5 Å². The fraction of sp³-hybridized carbons (Fsp3) is 0.471. The van der Waals surface area contributed by atoms with Gasteiger partial charge in [0.25, 0.3) is 5.91 Å². The molecule has 0 aliphatic carbocycles. The van der Waals surface area contributed by atoms with E-state index in [0.717, 1.165) is 18.2 Å². The van der Waals surface area contributed by atoms with Crippen molar-refractivity contribution in [3.8, 4) is 5.88 Å². The fourth-order valence-corrected chi connectivity index (χ4v) is 3.20. The number of hydrogen-bond donors (Lipinski definition) is 0. The largest absolute Gasteiger partial charge is 0.477 e. The lowest BCUT2D eigenvalue weighted by molar-refractivity contribution is 0.0746. The normalized spacial score (nSPS) is 15.0.